The van der Waals surface area contributed by atoms with Gasteiger partial charge in [-0.1, -0.05) is 104 Å². The summed E-state index contributed by atoms with van der Waals surface area (Å²) in [5, 5.41) is 0. The molecular weight excluding hydrogens is 264 g/mol. The van der Waals surface area contributed by atoms with Crippen LogP contribution < -0.4 is 0 Å². The largest absolute Gasteiger partial charge is 0.0620 e. The molecule has 0 aliphatic heterocycles. The predicted molar refractivity (Wildman–Crippen MR) is 99.3 cm³/mol. The summed E-state index contributed by atoms with van der Waals surface area (Å²) in [6.45, 7) is 5.29. The van der Waals surface area contributed by atoms with Crippen molar-refractivity contribution in [1.82, 2.24) is 0 Å². The summed E-state index contributed by atoms with van der Waals surface area (Å²) in [7, 11) is 0. The Labute approximate surface area is 140 Å². The molecular formula is C22H42. The molecule has 2 aliphatic rings. The first-order valence-corrected chi connectivity index (χ1v) is 10.7. The lowest BCUT2D eigenvalue weighted by atomic mass is 9.61. The van der Waals surface area contributed by atoms with Gasteiger partial charge in [0, 0.05) is 0 Å². The van der Waals surface area contributed by atoms with Gasteiger partial charge in [0.2, 0.25) is 0 Å². The van der Waals surface area contributed by atoms with Gasteiger partial charge in [-0.15, -0.1) is 0 Å². The van der Waals surface area contributed by atoms with E-state index in [4.69, 9.17) is 0 Å². The molecule has 0 aromatic carbocycles. The number of rotatable bonds is 1. The number of hydrogen-bond donors (Lipinski definition) is 0. The minimum atomic E-state index is 0.635. The van der Waals surface area contributed by atoms with Gasteiger partial charge in [-0.05, 0) is 36.5 Å². The summed E-state index contributed by atoms with van der Waals surface area (Å²) in [4.78, 5) is 0. The van der Waals surface area contributed by atoms with Gasteiger partial charge in [-0.25, -0.2) is 0 Å². The average Bonchev–Trinajstić information content (AvgIpc) is 2.54. The highest BCUT2D eigenvalue weighted by atomic mass is 14.4. The van der Waals surface area contributed by atoms with Gasteiger partial charge in [0.1, 0.15) is 0 Å². The van der Waals surface area contributed by atoms with Gasteiger partial charge in [0.25, 0.3) is 0 Å². The molecule has 2 rings (SSSR count). The van der Waals surface area contributed by atoms with Crippen LogP contribution in [0, 0.1) is 17.3 Å². The molecule has 22 heavy (non-hydrogen) atoms. The van der Waals surface area contributed by atoms with Crippen molar-refractivity contribution in [1.29, 1.82) is 0 Å². The minimum absolute atomic E-state index is 0.635. The predicted octanol–water partition coefficient (Wildman–Crippen LogP) is 7.90. The molecule has 0 radical (unpaired) electrons. The Balaban J connectivity index is 2.02. The second-order valence-corrected chi connectivity index (χ2v) is 8.82. The van der Waals surface area contributed by atoms with E-state index in [0.29, 0.717) is 5.41 Å². The van der Waals surface area contributed by atoms with Crippen LogP contribution in [0.2, 0.25) is 0 Å². The van der Waals surface area contributed by atoms with Crippen LogP contribution in [0.1, 0.15) is 123 Å². The zero-order valence-electron chi connectivity index (χ0n) is 15.7. The van der Waals surface area contributed by atoms with Crippen molar-refractivity contribution in [2.45, 2.75) is 123 Å². The van der Waals surface area contributed by atoms with Crippen molar-refractivity contribution in [3.05, 3.63) is 0 Å². The van der Waals surface area contributed by atoms with E-state index in [9.17, 15) is 0 Å². The maximum Gasteiger partial charge on any atom is -0.0272 e. The van der Waals surface area contributed by atoms with Crippen LogP contribution in [0.15, 0.2) is 0 Å². The molecule has 130 valence electrons. The normalized spacial score (nSPS) is 34.9. The van der Waals surface area contributed by atoms with Crippen molar-refractivity contribution >= 4 is 0 Å². The Morgan fingerprint density at radius 1 is 0.545 bits per heavy atom. The molecule has 2 unspecified atom stereocenters. The first-order valence-electron chi connectivity index (χ1n) is 10.7. The summed E-state index contributed by atoms with van der Waals surface area (Å²) in [5.74, 6) is 1.96. The van der Waals surface area contributed by atoms with Crippen molar-refractivity contribution < 1.29 is 0 Å². The van der Waals surface area contributed by atoms with Crippen molar-refractivity contribution in [2.75, 3.05) is 0 Å². The highest BCUT2D eigenvalue weighted by Crippen LogP contribution is 2.47. The van der Waals surface area contributed by atoms with Gasteiger partial charge in [-0.3, -0.25) is 0 Å². The zero-order valence-corrected chi connectivity index (χ0v) is 15.7. The van der Waals surface area contributed by atoms with E-state index in [1.807, 2.05) is 0 Å². The maximum absolute atomic E-state index is 2.69. The second-order valence-electron chi connectivity index (χ2n) is 8.82. The van der Waals surface area contributed by atoms with E-state index in [1.165, 1.54) is 109 Å². The highest BCUT2D eigenvalue weighted by molar-refractivity contribution is 4.88. The third-order valence-corrected chi connectivity index (χ3v) is 7.27. The fourth-order valence-corrected chi connectivity index (χ4v) is 5.32. The van der Waals surface area contributed by atoms with Gasteiger partial charge >= 0.3 is 0 Å². The molecule has 0 N–H and O–H groups in total. The van der Waals surface area contributed by atoms with Gasteiger partial charge in [-0.2, -0.15) is 0 Å². The molecule has 2 aliphatic carbocycles. The van der Waals surface area contributed by atoms with Crippen LogP contribution >= 0.6 is 0 Å². The van der Waals surface area contributed by atoms with E-state index in [2.05, 4.69) is 13.8 Å². The first-order chi connectivity index (χ1) is 10.7. The van der Waals surface area contributed by atoms with Crippen LogP contribution in [0.25, 0.3) is 0 Å². The summed E-state index contributed by atoms with van der Waals surface area (Å²) < 4.78 is 0. The first kappa shape index (κ1) is 18.3. The average molecular weight is 307 g/mol. The quantitative estimate of drug-likeness (QED) is 0.461. The third kappa shape index (κ3) is 5.57. The van der Waals surface area contributed by atoms with Crippen molar-refractivity contribution in [2.24, 2.45) is 17.3 Å². The molecule has 0 heteroatoms. The Bertz CT molecular complexity index is 272. The summed E-state index contributed by atoms with van der Waals surface area (Å²) in [6, 6.07) is 0. The molecule has 2 atom stereocenters. The monoisotopic (exact) mass is 306 g/mol. The van der Waals surface area contributed by atoms with E-state index in [0.717, 1.165) is 11.8 Å². The SMILES string of the molecule is CC1CCCCCCCCC1(C)C1CCCCCCCCC1. The van der Waals surface area contributed by atoms with Gasteiger partial charge < -0.3 is 0 Å². The molecule has 2 saturated carbocycles. The Kier molecular flexibility index (Phi) is 8.33. The summed E-state index contributed by atoms with van der Waals surface area (Å²) in [5.41, 5.74) is 0.635. The fraction of sp³-hybridized carbons (Fsp3) is 1.00. The van der Waals surface area contributed by atoms with E-state index < -0.39 is 0 Å². The van der Waals surface area contributed by atoms with Crippen LogP contribution in [-0.4, -0.2) is 0 Å². The van der Waals surface area contributed by atoms with E-state index >= 15 is 0 Å². The molecule has 0 aromatic heterocycles. The molecule has 0 bridgehead atoms. The van der Waals surface area contributed by atoms with Crippen molar-refractivity contribution in [3.63, 3.8) is 0 Å². The van der Waals surface area contributed by atoms with Crippen LogP contribution in [0.5, 0.6) is 0 Å². The number of hydrogen-bond acceptors (Lipinski definition) is 0. The van der Waals surface area contributed by atoms with Crippen LogP contribution in [0.4, 0.5) is 0 Å². The van der Waals surface area contributed by atoms with Gasteiger partial charge in [0.15, 0.2) is 0 Å². The van der Waals surface area contributed by atoms with E-state index in [1.54, 1.807) is 0 Å². The molecule has 0 spiro atoms. The molecule has 0 amide bonds. The third-order valence-electron chi connectivity index (χ3n) is 7.27. The second kappa shape index (κ2) is 9.99. The Morgan fingerprint density at radius 2 is 0.955 bits per heavy atom. The van der Waals surface area contributed by atoms with Crippen LogP contribution in [-0.2, 0) is 0 Å². The lowest BCUT2D eigenvalue weighted by Crippen LogP contribution is -2.35. The topological polar surface area (TPSA) is 0 Å². The standard InChI is InChI=1S/C22H42/c1-20-16-12-8-6-7-11-15-19-22(20,2)21-17-13-9-4-3-5-10-14-18-21/h20-21H,3-19H2,1-2H3. The smallest absolute Gasteiger partial charge is 0.0272 e. The van der Waals surface area contributed by atoms with Crippen molar-refractivity contribution in [3.8, 4) is 0 Å². The Morgan fingerprint density at radius 3 is 1.50 bits per heavy atom. The molecule has 0 nitrogen and oxygen atoms in total. The molecule has 0 heterocycles. The van der Waals surface area contributed by atoms with E-state index in [-0.39, 0.29) is 0 Å². The molecule has 2 fully saturated rings. The Hall–Kier alpha value is 0. The highest BCUT2D eigenvalue weighted by Gasteiger charge is 2.37. The lowest BCUT2D eigenvalue weighted by Gasteiger charge is -2.44. The van der Waals surface area contributed by atoms with Gasteiger partial charge in [0.05, 0.1) is 0 Å². The fourth-order valence-electron chi connectivity index (χ4n) is 5.32. The minimum Gasteiger partial charge on any atom is -0.0620 e. The molecule has 0 saturated heterocycles. The lowest BCUT2D eigenvalue weighted by molar-refractivity contribution is 0.0593. The van der Waals surface area contributed by atoms with Crippen LogP contribution in [0.3, 0.4) is 0 Å². The molecule has 0 aromatic rings. The maximum atomic E-state index is 2.69. The summed E-state index contributed by atoms with van der Waals surface area (Å²) >= 11 is 0. The zero-order chi connectivity index (χ0) is 15.7. The summed E-state index contributed by atoms with van der Waals surface area (Å²) in [6.07, 6.45) is 25.5.